The van der Waals surface area contributed by atoms with Gasteiger partial charge in [-0.15, -0.1) is 0 Å². The van der Waals surface area contributed by atoms with Gasteiger partial charge in [-0.25, -0.2) is 18.3 Å². The quantitative estimate of drug-likeness (QED) is 0.741. The Morgan fingerprint density at radius 2 is 2.13 bits per heavy atom. The second kappa shape index (κ2) is 5.39. The Labute approximate surface area is 132 Å². The monoisotopic (exact) mass is 312 g/mol. The van der Waals surface area contributed by atoms with Gasteiger partial charge in [0.05, 0.1) is 17.1 Å². The number of hydrogen-bond donors (Lipinski definition) is 0. The molecule has 0 N–H and O–H groups in total. The van der Waals surface area contributed by atoms with Gasteiger partial charge in [0.25, 0.3) is 6.43 Å². The molecule has 4 nitrogen and oxygen atoms in total. The zero-order valence-corrected chi connectivity index (χ0v) is 12.0. The van der Waals surface area contributed by atoms with Crippen LogP contribution < -0.4 is 0 Å². The predicted octanol–water partition coefficient (Wildman–Crippen LogP) is 3.64. The molecule has 0 aromatic carbocycles. The molecule has 0 unspecified atom stereocenters. The SMILES string of the molecule is FC(F)/C=C\c1ccc2c(n1)CC=C2c1ccc2nccn2n1.[HH]. The van der Waals surface area contributed by atoms with Crippen molar-refractivity contribution in [2.24, 2.45) is 0 Å². The van der Waals surface area contributed by atoms with E-state index in [9.17, 15) is 8.78 Å². The molecular weight excluding hydrogens is 298 g/mol. The third-order valence-electron chi connectivity index (χ3n) is 3.73. The Hall–Kier alpha value is -2.89. The zero-order chi connectivity index (χ0) is 15.8. The van der Waals surface area contributed by atoms with Crippen LogP contribution >= 0.6 is 0 Å². The van der Waals surface area contributed by atoms with E-state index in [4.69, 9.17) is 0 Å². The first kappa shape index (κ1) is 13.8. The Morgan fingerprint density at radius 1 is 1.22 bits per heavy atom. The maximum Gasteiger partial charge on any atom is 0.257 e. The van der Waals surface area contributed by atoms with Crippen molar-refractivity contribution < 1.29 is 10.2 Å². The third kappa shape index (κ3) is 2.52. The minimum atomic E-state index is -2.47. The Morgan fingerprint density at radius 3 is 3.00 bits per heavy atom. The number of fused-ring (bicyclic) bond motifs is 2. The molecule has 0 aliphatic heterocycles. The van der Waals surface area contributed by atoms with E-state index in [1.807, 2.05) is 18.2 Å². The van der Waals surface area contributed by atoms with E-state index in [1.54, 1.807) is 23.0 Å². The number of rotatable bonds is 3. The Bertz CT molecular complexity index is 947. The van der Waals surface area contributed by atoms with Gasteiger partial charge in [-0.1, -0.05) is 12.1 Å². The molecule has 3 heterocycles. The summed E-state index contributed by atoms with van der Waals surface area (Å²) in [5.41, 5.74) is 5.05. The lowest BCUT2D eigenvalue weighted by Crippen LogP contribution is -1.98. The summed E-state index contributed by atoms with van der Waals surface area (Å²) in [6.07, 6.45) is 5.95. The van der Waals surface area contributed by atoms with Gasteiger partial charge < -0.3 is 0 Å². The van der Waals surface area contributed by atoms with Gasteiger partial charge in [0.1, 0.15) is 0 Å². The van der Waals surface area contributed by atoms with E-state index in [2.05, 4.69) is 21.1 Å². The summed E-state index contributed by atoms with van der Waals surface area (Å²) in [4.78, 5) is 8.61. The number of imidazole rings is 1. The van der Waals surface area contributed by atoms with Crippen molar-refractivity contribution in [3.05, 3.63) is 71.5 Å². The normalized spacial score (nSPS) is 14.0. The van der Waals surface area contributed by atoms with Gasteiger partial charge in [0.15, 0.2) is 5.65 Å². The fourth-order valence-corrected chi connectivity index (χ4v) is 2.69. The lowest BCUT2D eigenvalue weighted by atomic mass is 10.1. The van der Waals surface area contributed by atoms with Gasteiger partial charge in [-0.3, -0.25) is 4.98 Å². The first-order valence-corrected chi connectivity index (χ1v) is 7.18. The first-order chi connectivity index (χ1) is 11.2. The molecule has 0 atom stereocenters. The zero-order valence-electron chi connectivity index (χ0n) is 12.0. The summed E-state index contributed by atoms with van der Waals surface area (Å²) in [5.74, 6) is 0. The largest absolute Gasteiger partial charge is 0.257 e. The summed E-state index contributed by atoms with van der Waals surface area (Å²) in [6.45, 7) is 0. The molecule has 0 fully saturated rings. The molecule has 116 valence electrons. The molecule has 23 heavy (non-hydrogen) atoms. The molecule has 3 aromatic rings. The van der Waals surface area contributed by atoms with E-state index in [-0.39, 0.29) is 1.43 Å². The fourth-order valence-electron chi connectivity index (χ4n) is 2.69. The van der Waals surface area contributed by atoms with Crippen LogP contribution in [0.15, 0.2) is 48.8 Å². The third-order valence-corrected chi connectivity index (χ3v) is 3.73. The minimum Gasteiger partial charge on any atom is -0.253 e. The predicted molar refractivity (Wildman–Crippen MR) is 85.2 cm³/mol. The average molecular weight is 312 g/mol. The summed E-state index contributed by atoms with van der Waals surface area (Å²) in [7, 11) is 0. The molecule has 0 saturated heterocycles. The van der Waals surface area contributed by atoms with Crippen LogP contribution in [-0.2, 0) is 6.42 Å². The summed E-state index contributed by atoms with van der Waals surface area (Å²) in [6, 6.07) is 7.49. The van der Waals surface area contributed by atoms with E-state index < -0.39 is 6.43 Å². The van der Waals surface area contributed by atoms with Crippen LogP contribution in [0.4, 0.5) is 8.78 Å². The summed E-state index contributed by atoms with van der Waals surface area (Å²) >= 11 is 0. The van der Waals surface area contributed by atoms with Crippen LogP contribution in [0.3, 0.4) is 0 Å². The van der Waals surface area contributed by atoms with Crippen molar-refractivity contribution in [2.45, 2.75) is 12.8 Å². The van der Waals surface area contributed by atoms with Gasteiger partial charge in [0.2, 0.25) is 0 Å². The van der Waals surface area contributed by atoms with Gasteiger partial charge in [0, 0.05) is 31.4 Å². The van der Waals surface area contributed by atoms with Crippen LogP contribution in [0, 0.1) is 0 Å². The van der Waals surface area contributed by atoms with Crippen LogP contribution in [0.25, 0.3) is 17.3 Å². The second-order valence-corrected chi connectivity index (χ2v) is 5.19. The van der Waals surface area contributed by atoms with Crippen LogP contribution in [0.1, 0.15) is 24.1 Å². The standard InChI is InChI=1S/C17H12F2N4.H2/c18-16(19)7-2-11-1-3-12-13(4-5-14(12)21-11)15-6-8-17-20-9-10-23(17)22-15;/h1-4,6-10,16H,5H2;1H/b7-2-;. The van der Waals surface area contributed by atoms with E-state index >= 15 is 0 Å². The molecule has 1 aliphatic carbocycles. The number of halogens is 2. The molecule has 0 bridgehead atoms. The lowest BCUT2D eigenvalue weighted by Gasteiger charge is -2.06. The van der Waals surface area contributed by atoms with Crippen LogP contribution in [0.5, 0.6) is 0 Å². The van der Waals surface area contributed by atoms with Crippen molar-refractivity contribution in [3.8, 4) is 0 Å². The highest BCUT2D eigenvalue weighted by molar-refractivity contribution is 5.82. The highest BCUT2D eigenvalue weighted by Gasteiger charge is 2.18. The highest BCUT2D eigenvalue weighted by atomic mass is 19.3. The highest BCUT2D eigenvalue weighted by Crippen LogP contribution is 2.31. The molecule has 1 aliphatic rings. The van der Waals surface area contributed by atoms with Crippen molar-refractivity contribution in [2.75, 3.05) is 0 Å². The maximum absolute atomic E-state index is 12.2. The van der Waals surface area contributed by atoms with Crippen molar-refractivity contribution >= 4 is 17.3 Å². The molecule has 0 radical (unpaired) electrons. The maximum atomic E-state index is 12.2. The number of pyridine rings is 1. The Kier molecular flexibility index (Phi) is 3.22. The molecule has 0 amide bonds. The van der Waals surface area contributed by atoms with Crippen molar-refractivity contribution in [1.82, 2.24) is 19.6 Å². The number of allylic oxidation sites excluding steroid dienone is 2. The van der Waals surface area contributed by atoms with Crippen molar-refractivity contribution in [3.63, 3.8) is 0 Å². The molecule has 3 aromatic heterocycles. The van der Waals surface area contributed by atoms with Gasteiger partial charge in [-0.2, -0.15) is 5.10 Å². The Balaban J connectivity index is 0.00000169. The summed E-state index contributed by atoms with van der Waals surface area (Å²) in [5, 5.41) is 4.54. The summed E-state index contributed by atoms with van der Waals surface area (Å²) < 4.78 is 26.2. The topological polar surface area (TPSA) is 43.1 Å². The molecule has 4 rings (SSSR count). The second-order valence-electron chi connectivity index (χ2n) is 5.19. The minimum absolute atomic E-state index is 0. The number of alkyl halides is 2. The van der Waals surface area contributed by atoms with Gasteiger partial charge in [-0.05, 0) is 30.4 Å². The van der Waals surface area contributed by atoms with Gasteiger partial charge >= 0.3 is 0 Å². The van der Waals surface area contributed by atoms with E-state index in [0.717, 1.165) is 34.2 Å². The van der Waals surface area contributed by atoms with E-state index in [0.29, 0.717) is 12.1 Å². The van der Waals surface area contributed by atoms with Crippen LogP contribution in [-0.4, -0.2) is 26.0 Å². The van der Waals surface area contributed by atoms with E-state index in [1.165, 1.54) is 6.08 Å². The fraction of sp³-hybridized carbons (Fsp3) is 0.118. The molecule has 0 spiro atoms. The first-order valence-electron chi connectivity index (χ1n) is 7.18. The number of nitrogens with zero attached hydrogens (tertiary/aromatic N) is 4. The number of aromatic nitrogens is 4. The number of hydrogen-bond acceptors (Lipinski definition) is 3. The lowest BCUT2D eigenvalue weighted by molar-refractivity contribution is 0.205. The van der Waals surface area contributed by atoms with Crippen LogP contribution in [0.2, 0.25) is 0 Å². The molecule has 6 heteroatoms. The van der Waals surface area contributed by atoms with Crippen molar-refractivity contribution in [1.29, 1.82) is 0 Å². The molecule has 0 saturated carbocycles. The smallest absolute Gasteiger partial charge is 0.253 e. The average Bonchev–Trinajstić information content (AvgIpc) is 3.18. The molecular formula is C17H14F2N4.